The molecule has 3 aromatic rings. The summed E-state index contributed by atoms with van der Waals surface area (Å²) in [5.41, 5.74) is 3.74. The van der Waals surface area contributed by atoms with Crippen LogP contribution in [0.5, 0.6) is 0 Å². The Hall–Kier alpha value is -2.84. The Labute approximate surface area is 191 Å². The molecule has 8 heteroatoms. The van der Waals surface area contributed by atoms with Gasteiger partial charge in [0.05, 0.1) is 28.4 Å². The van der Waals surface area contributed by atoms with Crippen molar-refractivity contribution in [3.8, 4) is 0 Å². The Balaban J connectivity index is 1.25. The Morgan fingerprint density at radius 1 is 1.22 bits per heavy atom. The number of hydrogen-bond donors (Lipinski definition) is 1. The molecule has 3 aromatic heterocycles. The van der Waals surface area contributed by atoms with Gasteiger partial charge in [-0.05, 0) is 55.9 Å². The topological polar surface area (TPSA) is 82.2 Å². The maximum atomic E-state index is 12.9. The fraction of sp³-hybridized carbons (Fsp3) is 0.417. The van der Waals surface area contributed by atoms with Crippen molar-refractivity contribution in [3.63, 3.8) is 0 Å². The summed E-state index contributed by atoms with van der Waals surface area (Å²) in [6.45, 7) is 5.82. The highest BCUT2D eigenvalue weighted by atomic mass is 32.1. The van der Waals surface area contributed by atoms with Crippen LogP contribution in [0.25, 0.3) is 0 Å². The monoisotopic (exact) mass is 449 g/mol. The van der Waals surface area contributed by atoms with Crippen LogP contribution in [0, 0.1) is 6.92 Å². The first-order valence-electron chi connectivity index (χ1n) is 11.2. The van der Waals surface area contributed by atoms with Gasteiger partial charge in [0.2, 0.25) is 0 Å². The fourth-order valence-electron chi connectivity index (χ4n) is 4.63. The number of H-pyrrole nitrogens is 1. The van der Waals surface area contributed by atoms with E-state index in [0.717, 1.165) is 49.7 Å². The minimum atomic E-state index is -0.0970. The molecule has 1 amide bonds. The van der Waals surface area contributed by atoms with Gasteiger partial charge in [0.1, 0.15) is 5.82 Å². The molecule has 32 heavy (non-hydrogen) atoms. The number of carbonyl (C=O) groups excluding carboxylic acids is 1. The number of aryl methyl sites for hydroxylation is 1. The van der Waals surface area contributed by atoms with Crippen molar-refractivity contribution in [3.05, 3.63) is 79.4 Å². The van der Waals surface area contributed by atoms with Crippen molar-refractivity contribution in [2.24, 2.45) is 0 Å². The number of likely N-dealkylation sites (tertiary alicyclic amines) is 1. The normalized spacial score (nSPS) is 17.3. The average Bonchev–Trinajstić information content (AvgIpc) is 3.35. The van der Waals surface area contributed by atoms with Crippen LogP contribution < -0.4 is 5.56 Å². The number of aromatic nitrogens is 3. The lowest BCUT2D eigenvalue weighted by Gasteiger charge is -2.32. The first kappa shape index (κ1) is 21.0. The third-order valence-electron chi connectivity index (χ3n) is 6.57. The van der Waals surface area contributed by atoms with Gasteiger partial charge in [-0.25, -0.2) is 4.98 Å². The van der Waals surface area contributed by atoms with Crippen molar-refractivity contribution in [2.75, 3.05) is 19.6 Å². The zero-order valence-corrected chi connectivity index (χ0v) is 19.0. The van der Waals surface area contributed by atoms with Crippen molar-refractivity contribution < 1.29 is 4.79 Å². The largest absolute Gasteiger partial charge is 0.333 e. The van der Waals surface area contributed by atoms with E-state index in [1.807, 2.05) is 29.8 Å². The molecule has 7 nitrogen and oxygen atoms in total. The van der Waals surface area contributed by atoms with E-state index in [2.05, 4.69) is 27.9 Å². The Kier molecular flexibility index (Phi) is 5.89. The number of hydrogen-bond acceptors (Lipinski definition) is 6. The van der Waals surface area contributed by atoms with Crippen LogP contribution >= 0.6 is 11.3 Å². The smallest absolute Gasteiger partial charge is 0.264 e. The number of rotatable bonds is 4. The second-order valence-electron chi connectivity index (χ2n) is 8.65. The zero-order chi connectivity index (χ0) is 22.1. The lowest BCUT2D eigenvalue weighted by atomic mass is 9.95. The van der Waals surface area contributed by atoms with E-state index >= 15 is 0 Å². The molecule has 5 heterocycles. The highest BCUT2D eigenvalue weighted by Gasteiger charge is 2.28. The highest BCUT2D eigenvalue weighted by molar-refractivity contribution is 7.12. The maximum absolute atomic E-state index is 12.9. The van der Waals surface area contributed by atoms with Crippen molar-refractivity contribution in [1.82, 2.24) is 24.8 Å². The summed E-state index contributed by atoms with van der Waals surface area (Å²) < 4.78 is 0. The molecule has 5 rings (SSSR count). The molecule has 0 aliphatic carbocycles. The predicted octanol–water partition coefficient (Wildman–Crippen LogP) is 3.11. The Morgan fingerprint density at radius 2 is 2.06 bits per heavy atom. The molecule has 166 valence electrons. The molecule has 0 atom stereocenters. The van der Waals surface area contributed by atoms with Gasteiger partial charge in [0.25, 0.3) is 11.5 Å². The predicted molar refractivity (Wildman–Crippen MR) is 124 cm³/mol. The van der Waals surface area contributed by atoms with Crippen LogP contribution in [0.4, 0.5) is 0 Å². The molecule has 0 saturated carbocycles. The number of nitrogens with zero attached hydrogens (tertiary/aromatic N) is 4. The van der Waals surface area contributed by atoms with Crippen LogP contribution in [0.2, 0.25) is 0 Å². The van der Waals surface area contributed by atoms with E-state index in [0.29, 0.717) is 30.0 Å². The number of aromatic amines is 1. The molecule has 0 aromatic carbocycles. The number of thiophene rings is 1. The van der Waals surface area contributed by atoms with Crippen molar-refractivity contribution in [1.29, 1.82) is 0 Å². The van der Waals surface area contributed by atoms with Gasteiger partial charge in [0, 0.05) is 31.6 Å². The van der Waals surface area contributed by atoms with E-state index in [9.17, 15) is 9.59 Å². The summed E-state index contributed by atoms with van der Waals surface area (Å²) in [7, 11) is 0. The highest BCUT2D eigenvalue weighted by Crippen LogP contribution is 2.27. The van der Waals surface area contributed by atoms with Gasteiger partial charge in [-0.15, -0.1) is 11.3 Å². The summed E-state index contributed by atoms with van der Waals surface area (Å²) in [6, 6.07) is 7.78. The fourth-order valence-corrected chi connectivity index (χ4v) is 5.32. The van der Waals surface area contributed by atoms with Gasteiger partial charge < -0.3 is 9.88 Å². The second-order valence-corrected chi connectivity index (χ2v) is 9.60. The summed E-state index contributed by atoms with van der Waals surface area (Å²) >= 11 is 1.43. The molecule has 0 radical (unpaired) electrons. The quantitative estimate of drug-likeness (QED) is 0.662. The Morgan fingerprint density at radius 3 is 2.81 bits per heavy atom. The van der Waals surface area contributed by atoms with Crippen LogP contribution in [0.3, 0.4) is 0 Å². The number of piperidine rings is 1. The lowest BCUT2D eigenvalue weighted by Crippen LogP contribution is -2.40. The molecule has 1 fully saturated rings. The van der Waals surface area contributed by atoms with Gasteiger partial charge in [-0.1, -0.05) is 12.1 Å². The molecule has 2 aliphatic heterocycles. The second kappa shape index (κ2) is 8.96. The van der Waals surface area contributed by atoms with Crippen LogP contribution in [-0.2, 0) is 19.5 Å². The van der Waals surface area contributed by atoms with E-state index in [-0.39, 0.29) is 17.4 Å². The van der Waals surface area contributed by atoms with Gasteiger partial charge in [-0.3, -0.25) is 19.5 Å². The van der Waals surface area contributed by atoms with E-state index in [1.54, 1.807) is 4.90 Å². The average molecular weight is 450 g/mol. The summed E-state index contributed by atoms with van der Waals surface area (Å²) in [5.74, 6) is 1.06. The minimum absolute atomic E-state index is 0.00959. The van der Waals surface area contributed by atoms with E-state index in [1.165, 1.54) is 16.9 Å². The standard InChI is InChI=1S/C24H27N5O2S/c1-16-4-2-9-25-20(16)15-28-10-6-17(7-11-28)22-26-19-8-12-29(14-18(19)23(30)27-22)24(31)21-5-3-13-32-21/h2-5,9,13,17H,6-8,10-12,14-15H2,1H3,(H,26,27,30). The van der Waals surface area contributed by atoms with E-state index < -0.39 is 0 Å². The van der Waals surface area contributed by atoms with E-state index in [4.69, 9.17) is 4.98 Å². The lowest BCUT2D eigenvalue weighted by molar-refractivity contribution is 0.0737. The number of amides is 1. The summed E-state index contributed by atoms with van der Waals surface area (Å²) in [5, 5.41) is 1.90. The van der Waals surface area contributed by atoms with Crippen molar-refractivity contribution >= 4 is 17.2 Å². The molecule has 2 aliphatic rings. The van der Waals surface area contributed by atoms with Gasteiger partial charge >= 0.3 is 0 Å². The zero-order valence-electron chi connectivity index (χ0n) is 18.2. The minimum Gasteiger partial charge on any atom is -0.333 e. The molecule has 0 unspecified atom stereocenters. The molecule has 1 saturated heterocycles. The number of fused-ring (bicyclic) bond motifs is 1. The van der Waals surface area contributed by atoms with Crippen molar-refractivity contribution in [2.45, 2.75) is 45.2 Å². The van der Waals surface area contributed by atoms with Gasteiger partial charge in [0.15, 0.2) is 0 Å². The van der Waals surface area contributed by atoms with Crippen LogP contribution in [0.15, 0.2) is 40.6 Å². The third-order valence-corrected chi connectivity index (χ3v) is 7.43. The molecule has 1 N–H and O–H groups in total. The molecule has 0 spiro atoms. The summed E-state index contributed by atoms with van der Waals surface area (Å²) in [6.07, 6.45) is 4.42. The Bertz CT molecular complexity index is 1170. The first-order chi connectivity index (χ1) is 15.6. The number of pyridine rings is 1. The van der Waals surface area contributed by atoms with Crippen LogP contribution in [-0.4, -0.2) is 50.3 Å². The number of nitrogens with one attached hydrogen (secondary N) is 1. The first-order valence-corrected chi connectivity index (χ1v) is 12.0. The van der Waals surface area contributed by atoms with Gasteiger partial charge in [-0.2, -0.15) is 0 Å². The molecular weight excluding hydrogens is 422 g/mol. The third kappa shape index (κ3) is 4.25. The SMILES string of the molecule is Cc1cccnc1CN1CCC(c2nc3c(c(=O)[nH]2)CN(C(=O)c2cccs2)CC3)CC1. The maximum Gasteiger partial charge on any atom is 0.264 e. The van der Waals surface area contributed by atoms with Crippen LogP contribution in [0.1, 0.15) is 56.8 Å². The summed E-state index contributed by atoms with van der Waals surface area (Å²) in [4.78, 5) is 42.9. The molecule has 0 bridgehead atoms. The number of carbonyl (C=O) groups is 1. The molecular formula is C24H27N5O2S.